The molecule has 0 saturated heterocycles. The van der Waals surface area contributed by atoms with E-state index < -0.39 is 0 Å². The summed E-state index contributed by atoms with van der Waals surface area (Å²) in [5.74, 6) is -0.0148. The van der Waals surface area contributed by atoms with Gasteiger partial charge in [-0.1, -0.05) is 5.16 Å². The zero-order valence-electron chi connectivity index (χ0n) is 11.0. The monoisotopic (exact) mass is 286 g/mol. The standard InChI is InChI=1S/C11H18N4O3S/c1-8-10(19-7-13-8)11(16)15(5-6-18-2)4-3-9(12)14-17/h7,17H,3-6H2,1-2H3,(H2,12,14). The maximum atomic E-state index is 12.3. The topological polar surface area (TPSA) is 101 Å². The average Bonchev–Trinajstić information content (AvgIpc) is 2.84. The molecule has 1 aromatic heterocycles. The minimum absolute atomic E-state index is 0.0937. The molecule has 0 atom stereocenters. The number of amides is 1. The van der Waals surface area contributed by atoms with Crippen molar-refractivity contribution < 1.29 is 14.7 Å². The summed E-state index contributed by atoms with van der Waals surface area (Å²) in [6.45, 7) is 3.04. The number of nitrogens with two attached hydrogens (primary N) is 1. The maximum absolute atomic E-state index is 12.3. The SMILES string of the molecule is COCCN(CCC(N)=NO)C(=O)c1scnc1C. The van der Waals surface area contributed by atoms with Crippen molar-refractivity contribution in [3.05, 3.63) is 16.1 Å². The molecular weight excluding hydrogens is 268 g/mol. The minimum atomic E-state index is -0.109. The molecule has 0 bridgehead atoms. The Balaban J connectivity index is 2.73. The number of carbonyl (C=O) groups is 1. The largest absolute Gasteiger partial charge is 0.409 e. The summed E-state index contributed by atoms with van der Waals surface area (Å²) >= 11 is 1.31. The van der Waals surface area contributed by atoms with Crippen LogP contribution in [-0.4, -0.2) is 53.6 Å². The zero-order chi connectivity index (χ0) is 14.3. The van der Waals surface area contributed by atoms with Crippen LogP contribution in [0.1, 0.15) is 21.8 Å². The first-order valence-electron chi connectivity index (χ1n) is 5.74. The molecule has 0 aliphatic heterocycles. The van der Waals surface area contributed by atoms with Gasteiger partial charge in [0.05, 0.1) is 17.8 Å². The molecule has 0 unspecified atom stereocenters. The van der Waals surface area contributed by atoms with E-state index in [4.69, 9.17) is 15.7 Å². The minimum Gasteiger partial charge on any atom is -0.409 e. The molecule has 0 aliphatic carbocycles. The van der Waals surface area contributed by atoms with Gasteiger partial charge >= 0.3 is 0 Å². The van der Waals surface area contributed by atoms with E-state index in [9.17, 15) is 4.79 Å². The Morgan fingerprint density at radius 3 is 2.89 bits per heavy atom. The third kappa shape index (κ3) is 4.49. The number of aromatic nitrogens is 1. The highest BCUT2D eigenvalue weighted by molar-refractivity contribution is 7.11. The first kappa shape index (κ1) is 15.4. The van der Waals surface area contributed by atoms with Gasteiger partial charge in [0.15, 0.2) is 0 Å². The van der Waals surface area contributed by atoms with E-state index in [1.807, 2.05) is 0 Å². The number of oxime groups is 1. The number of hydrogen-bond acceptors (Lipinski definition) is 6. The van der Waals surface area contributed by atoms with Crippen molar-refractivity contribution in [3.8, 4) is 0 Å². The van der Waals surface area contributed by atoms with Crippen molar-refractivity contribution in [1.29, 1.82) is 0 Å². The van der Waals surface area contributed by atoms with Gasteiger partial charge in [0, 0.05) is 26.6 Å². The molecule has 1 amide bonds. The number of aryl methyl sites for hydroxylation is 1. The Morgan fingerprint density at radius 2 is 2.37 bits per heavy atom. The highest BCUT2D eigenvalue weighted by Gasteiger charge is 2.19. The molecular formula is C11H18N4O3S. The summed E-state index contributed by atoms with van der Waals surface area (Å²) in [5, 5.41) is 11.4. The van der Waals surface area contributed by atoms with Crippen LogP contribution in [0, 0.1) is 6.92 Å². The van der Waals surface area contributed by atoms with E-state index in [-0.39, 0.29) is 11.7 Å². The highest BCUT2D eigenvalue weighted by Crippen LogP contribution is 2.15. The lowest BCUT2D eigenvalue weighted by atomic mass is 10.3. The summed E-state index contributed by atoms with van der Waals surface area (Å²) < 4.78 is 4.99. The number of rotatable bonds is 7. The van der Waals surface area contributed by atoms with Crippen LogP contribution in [0.2, 0.25) is 0 Å². The molecule has 0 fully saturated rings. The smallest absolute Gasteiger partial charge is 0.265 e. The Labute approximate surface area is 115 Å². The van der Waals surface area contributed by atoms with E-state index in [1.165, 1.54) is 11.3 Å². The molecule has 0 spiro atoms. The second-order valence-electron chi connectivity index (χ2n) is 3.89. The van der Waals surface area contributed by atoms with Crippen LogP contribution >= 0.6 is 11.3 Å². The predicted octanol–water partition coefficient (Wildman–Crippen LogP) is 0.677. The normalized spacial score (nSPS) is 11.6. The van der Waals surface area contributed by atoms with Gasteiger partial charge in [0.25, 0.3) is 5.91 Å². The van der Waals surface area contributed by atoms with E-state index in [0.29, 0.717) is 36.7 Å². The van der Waals surface area contributed by atoms with Crippen molar-refractivity contribution in [1.82, 2.24) is 9.88 Å². The molecule has 8 heteroatoms. The third-order valence-corrected chi connectivity index (χ3v) is 3.48. The van der Waals surface area contributed by atoms with E-state index in [1.54, 1.807) is 24.4 Å². The van der Waals surface area contributed by atoms with E-state index >= 15 is 0 Å². The molecule has 0 aromatic carbocycles. The van der Waals surface area contributed by atoms with Gasteiger partial charge in [0.2, 0.25) is 0 Å². The average molecular weight is 286 g/mol. The van der Waals surface area contributed by atoms with Crippen LogP contribution in [0.5, 0.6) is 0 Å². The number of hydrogen-bond donors (Lipinski definition) is 2. The Hall–Kier alpha value is -1.67. The van der Waals surface area contributed by atoms with Gasteiger partial charge in [-0.15, -0.1) is 11.3 Å². The zero-order valence-corrected chi connectivity index (χ0v) is 11.8. The fourth-order valence-electron chi connectivity index (χ4n) is 1.47. The van der Waals surface area contributed by atoms with Crippen molar-refractivity contribution in [2.45, 2.75) is 13.3 Å². The quantitative estimate of drug-likeness (QED) is 0.332. The number of methoxy groups -OCH3 is 1. The number of amidine groups is 1. The van der Waals surface area contributed by atoms with Crippen LogP contribution in [0.25, 0.3) is 0 Å². The molecule has 7 nitrogen and oxygen atoms in total. The lowest BCUT2D eigenvalue weighted by Gasteiger charge is -2.21. The molecule has 19 heavy (non-hydrogen) atoms. The van der Waals surface area contributed by atoms with Gasteiger partial charge in [-0.25, -0.2) is 4.98 Å². The third-order valence-electron chi connectivity index (χ3n) is 2.56. The summed E-state index contributed by atoms with van der Waals surface area (Å²) in [7, 11) is 1.57. The van der Waals surface area contributed by atoms with Gasteiger partial charge in [-0.3, -0.25) is 4.79 Å². The fraction of sp³-hybridized carbons (Fsp3) is 0.545. The fourth-order valence-corrected chi connectivity index (χ4v) is 2.24. The van der Waals surface area contributed by atoms with Gasteiger partial charge in [-0.05, 0) is 6.92 Å². The summed E-state index contributed by atoms with van der Waals surface area (Å²) in [6, 6.07) is 0. The van der Waals surface area contributed by atoms with E-state index in [0.717, 1.165) is 0 Å². The summed E-state index contributed by atoms with van der Waals surface area (Å²) in [5.41, 5.74) is 7.77. The van der Waals surface area contributed by atoms with Crippen LogP contribution in [0.4, 0.5) is 0 Å². The van der Waals surface area contributed by atoms with Gasteiger partial charge < -0.3 is 20.6 Å². The van der Waals surface area contributed by atoms with E-state index in [2.05, 4.69) is 10.1 Å². The van der Waals surface area contributed by atoms with Crippen molar-refractivity contribution in [2.24, 2.45) is 10.9 Å². The van der Waals surface area contributed by atoms with Crippen LogP contribution in [-0.2, 0) is 4.74 Å². The number of thiazole rings is 1. The lowest BCUT2D eigenvalue weighted by molar-refractivity contribution is 0.0704. The predicted molar refractivity (Wildman–Crippen MR) is 72.7 cm³/mol. The second-order valence-corrected chi connectivity index (χ2v) is 4.75. The number of nitrogens with zero attached hydrogens (tertiary/aromatic N) is 3. The molecule has 1 heterocycles. The number of ether oxygens (including phenoxy) is 1. The molecule has 0 aliphatic rings. The summed E-state index contributed by atoms with van der Waals surface area (Å²) in [6.07, 6.45) is 0.309. The van der Waals surface area contributed by atoms with Crippen LogP contribution in [0.15, 0.2) is 10.7 Å². The molecule has 1 aromatic rings. The summed E-state index contributed by atoms with van der Waals surface area (Å²) in [4.78, 5) is 18.6. The maximum Gasteiger partial charge on any atom is 0.265 e. The molecule has 0 radical (unpaired) electrons. The highest BCUT2D eigenvalue weighted by atomic mass is 32.1. The Kier molecular flexibility index (Phi) is 6.23. The first-order valence-corrected chi connectivity index (χ1v) is 6.62. The van der Waals surface area contributed by atoms with Crippen molar-refractivity contribution in [2.75, 3.05) is 26.8 Å². The van der Waals surface area contributed by atoms with Gasteiger partial charge in [0.1, 0.15) is 10.7 Å². The first-order chi connectivity index (χ1) is 9.10. The van der Waals surface area contributed by atoms with Gasteiger partial charge in [-0.2, -0.15) is 0 Å². The number of carbonyl (C=O) groups excluding carboxylic acids is 1. The van der Waals surface area contributed by atoms with Crippen LogP contribution in [0.3, 0.4) is 0 Å². The molecule has 3 N–H and O–H groups in total. The van der Waals surface area contributed by atoms with Crippen molar-refractivity contribution >= 4 is 23.1 Å². The molecule has 106 valence electrons. The van der Waals surface area contributed by atoms with Crippen LogP contribution < -0.4 is 5.73 Å². The van der Waals surface area contributed by atoms with Crippen molar-refractivity contribution in [3.63, 3.8) is 0 Å². The lowest BCUT2D eigenvalue weighted by Crippen LogP contribution is -2.36. The second kappa shape index (κ2) is 7.70. The molecule has 0 saturated carbocycles. The Morgan fingerprint density at radius 1 is 1.63 bits per heavy atom. The Bertz CT molecular complexity index is 447. The molecule has 1 rings (SSSR count).